The molecule has 0 saturated heterocycles. The average Bonchev–Trinajstić information content (AvgIpc) is 2.15. The van der Waals surface area contributed by atoms with Gasteiger partial charge < -0.3 is 9.84 Å². The van der Waals surface area contributed by atoms with Crippen LogP contribution >= 0.6 is 15.9 Å². The van der Waals surface area contributed by atoms with Crippen molar-refractivity contribution in [3.63, 3.8) is 0 Å². The van der Waals surface area contributed by atoms with E-state index in [1.54, 1.807) is 12.1 Å². The van der Waals surface area contributed by atoms with Crippen LogP contribution in [-0.4, -0.2) is 23.0 Å². The van der Waals surface area contributed by atoms with Crippen LogP contribution in [0.4, 0.5) is 0 Å². The highest BCUT2D eigenvalue weighted by Crippen LogP contribution is 2.11. The van der Waals surface area contributed by atoms with Gasteiger partial charge in [0, 0.05) is 5.33 Å². The lowest BCUT2D eigenvalue weighted by Crippen LogP contribution is -1.99. The van der Waals surface area contributed by atoms with E-state index in [9.17, 15) is 4.79 Å². The first-order chi connectivity index (χ1) is 6.24. The molecule has 0 amide bonds. The molecule has 3 nitrogen and oxygen atoms in total. The SMILES string of the molecule is O=C(O)c1ccc(OCCBr)cc1. The summed E-state index contributed by atoms with van der Waals surface area (Å²) in [6, 6.07) is 6.33. The van der Waals surface area contributed by atoms with Gasteiger partial charge in [0.25, 0.3) is 0 Å². The minimum absolute atomic E-state index is 0.270. The van der Waals surface area contributed by atoms with Gasteiger partial charge >= 0.3 is 5.97 Å². The maximum atomic E-state index is 10.5. The van der Waals surface area contributed by atoms with E-state index in [0.29, 0.717) is 12.4 Å². The molecule has 1 aromatic carbocycles. The Morgan fingerprint density at radius 3 is 2.46 bits per heavy atom. The first-order valence-corrected chi connectivity index (χ1v) is 4.88. The van der Waals surface area contributed by atoms with E-state index in [0.717, 1.165) is 5.33 Å². The van der Waals surface area contributed by atoms with Crippen LogP contribution in [0.15, 0.2) is 24.3 Å². The fourth-order valence-electron chi connectivity index (χ4n) is 0.850. The number of carbonyl (C=O) groups is 1. The topological polar surface area (TPSA) is 46.5 Å². The number of hydrogen-bond donors (Lipinski definition) is 1. The Balaban J connectivity index is 2.64. The molecule has 1 rings (SSSR count). The Hall–Kier alpha value is -1.03. The van der Waals surface area contributed by atoms with Crippen LogP contribution < -0.4 is 4.74 Å². The molecule has 1 N–H and O–H groups in total. The van der Waals surface area contributed by atoms with Crippen molar-refractivity contribution in [1.29, 1.82) is 0 Å². The van der Waals surface area contributed by atoms with Crippen LogP contribution in [-0.2, 0) is 0 Å². The third kappa shape index (κ3) is 3.06. The summed E-state index contributed by atoms with van der Waals surface area (Å²) >= 11 is 3.23. The van der Waals surface area contributed by atoms with Crippen molar-refractivity contribution in [3.8, 4) is 5.75 Å². The molecule has 0 heterocycles. The lowest BCUT2D eigenvalue weighted by Gasteiger charge is -2.03. The molecule has 0 atom stereocenters. The van der Waals surface area contributed by atoms with E-state index < -0.39 is 5.97 Å². The molecule has 0 aliphatic carbocycles. The smallest absolute Gasteiger partial charge is 0.335 e. The number of carboxylic acids is 1. The summed E-state index contributed by atoms with van der Waals surface area (Å²) in [4.78, 5) is 10.5. The molecule has 13 heavy (non-hydrogen) atoms. The zero-order valence-electron chi connectivity index (χ0n) is 6.87. The monoisotopic (exact) mass is 244 g/mol. The quantitative estimate of drug-likeness (QED) is 0.826. The van der Waals surface area contributed by atoms with Crippen molar-refractivity contribution < 1.29 is 14.6 Å². The summed E-state index contributed by atoms with van der Waals surface area (Å²) in [5.74, 6) is -0.239. The van der Waals surface area contributed by atoms with Gasteiger partial charge in [-0.05, 0) is 24.3 Å². The van der Waals surface area contributed by atoms with Crippen LogP contribution in [0.5, 0.6) is 5.75 Å². The van der Waals surface area contributed by atoms with Gasteiger partial charge in [-0.3, -0.25) is 0 Å². The van der Waals surface area contributed by atoms with Crippen LogP contribution in [0, 0.1) is 0 Å². The van der Waals surface area contributed by atoms with E-state index >= 15 is 0 Å². The fraction of sp³-hybridized carbons (Fsp3) is 0.222. The Labute approximate surface area is 84.5 Å². The predicted molar refractivity (Wildman–Crippen MR) is 52.7 cm³/mol. The maximum Gasteiger partial charge on any atom is 0.335 e. The number of halogens is 1. The molecule has 0 spiro atoms. The number of hydrogen-bond acceptors (Lipinski definition) is 2. The summed E-state index contributed by atoms with van der Waals surface area (Å²) in [5.41, 5.74) is 0.270. The van der Waals surface area contributed by atoms with Crippen LogP contribution in [0.2, 0.25) is 0 Å². The second-order valence-corrected chi connectivity index (χ2v) is 3.16. The highest BCUT2D eigenvalue weighted by atomic mass is 79.9. The Kier molecular flexibility index (Phi) is 3.76. The third-order valence-electron chi connectivity index (χ3n) is 1.45. The van der Waals surface area contributed by atoms with Gasteiger partial charge in [0.1, 0.15) is 5.75 Å². The largest absolute Gasteiger partial charge is 0.493 e. The molecule has 0 saturated carbocycles. The number of benzene rings is 1. The fourth-order valence-corrected chi connectivity index (χ4v) is 1.01. The maximum absolute atomic E-state index is 10.5. The van der Waals surface area contributed by atoms with E-state index in [1.165, 1.54) is 12.1 Å². The Morgan fingerprint density at radius 2 is 2.00 bits per heavy atom. The minimum Gasteiger partial charge on any atom is -0.493 e. The first-order valence-electron chi connectivity index (χ1n) is 3.76. The number of alkyl halides is 1. The van der Waals surface area contributed by atoms with Gasteiger partial charge in [0.15, 0.2) is 0 Å². The van der Waals surface area contributed by atoms with Gasteiger partial charge in [-0.2, -0.15) is 0 Å². The average molecular weight is 245 g/mol. The van der Waals surface area contributed by atoms with Crippen molar-refractivity contribution in [2.75, 3.05) is 11.9 Å². The molecule has 4 heteroatoms. The molecular formula is C9H9BrO3. The Morgan fingerprint density at radius 1 is 1.38 bits per heavy atom. The van der Waals surface area contributed by atoms with Crippen LogP contribution in [0.25, 0.3) is 0 Å². The molecule has 0 aliphatic rings. The number of rotatable bonds is 4. The second kappa shape index (κ2) is 4.87. The van der Waals surface area contributed by atoms with Crippen molar-refractivity contribution in [2.45, 2.75) is 0 Å². The van der Waals surface area contributed by atoms with Gasteiger partial charge in [0.2, 0.25) is 0 Å². The van der Waals surface area contributed by atoms with E-state index in [2.05, 4.69) is 15.9 Å². The van der Waals surface area contributed by atoms with E-state index in [1.807, 2.05) is 0 Å². The molecule has 0 bridgehead atoms. The molecule has 0 aliphatic heterocycles. The first kappa shape index (κ1) is 10.1. The highest BCUT2D eigenvalue weighted by Gasteiger charge is 2.01. The van der Waals surface area contributed by atoms with Crippen molar-refractivity contribution in [2.24, 2.45) is 0 Å². The number of carboxylic acid groups (broad SMARTS) is 1. The zero-order chi connectivity index (χ0) is 9.68. The number of ether oxygens (including phenoxy) is 1. The predicted octanol–water partition coefficient (Wildman–Crippen LogP) is 2.16. The minimum atomic E-state index is -0.924. The molecular weight excluding hydrogens is 236 g/mol. The molecule has 0 fully saturated rings. The van der Waals surface area contributed by atoms with Crippen LogP contribution in [0.1, 0.15) is 10.4 Å². The lowest BCUT2D eigenvalue weighted by atomic mass is 10.2. The van der Waals surface area contributed by atoms with Crippen molar-refractivity contribution >= 4 is 21.9 Å². The lowest BCUT2D eigenvalue weighted by molar-refractivity contribution is 0.0697. The standard InChI is InChI=1S/C9H9BrO3/c10-5-6-13-8-3-1-7(2-4-8)9(11)12/h1-4H,5-6H2,(H,11,12). The van der Waals surface area contributed by atoms with Gasteiger partial charge in [-0.15, -0.1) is 0 Å². The number of aromatic carboxylic acids is 1. The molecule has 0 aromatic heterocycles. The molecule has 0 unspecified atom stereocenters. The van der Waals surface area contributed by atoms with Gasteiger partial charge in [-0.25, -0.2) is 4.79 Å². The van der Waals surface area contributed by atoms with Crippen LogP contribution in [0.3, 0.4) is 0 Å². The second-order valence-electron chi connectivity index (χ2n) is 2.37. The normalized spacial score (nSPS) is 9.62. The van der Waals surface area contributed by atoms with Crippen molar-refractivity contribution in [3.05, 3.63) is 29.8 Å². The van der Waals surface area contributed by atoms with Gasteiger partial charge in [-0.1, -0.05) is 15.9 Å². The summed E-state index contributed by atoms with van der Waals surface area (Å²) < 4.78 is 5.25. The molecule has 1 aromatic rings. The summed E-state index contributed by atoms with van der Waals surface area (Å²) in [6.07, 6.45) is 0. The highest BCUT2D eigenvalue weighted by molar-refractivity contribution is 9.09. The van der Waals surface area contributed by atoms with E-state index in [-0.39, 0.29) is 5.56 Å². The summed E-state index contributed by atoms with van der Waals surface area (Å²) in [5, 5.41) is 9.36. The van der Waals surface area contributed by atoms with E-state index in [4.69, 9.17) is 9.84 Å². The third-order valence-corrected chi connectivity index (χ3v) is 1.77. The zero-order valence-corrected chi connectivity index (χ0v) is 8.45. The Bertz CT molecular complexity index is 281. The summed E-state index contributed by atoms with van der Waals surface area (Å²) in [7, 11) is 0. The summed E-state index contributed by atoms with van der Waals surface area (Å²) in [6.45, 7) is 0.576. The molecule has 70 valence electrons. The molecule has 0 radical (unpaired) electrons. The van der Waals surface area contributed by atoms with Crippen molar-refractivity contribution in [1.82, 2.24) is 0 Å². The van der Waals surface area contributed by atoms with Gasteiger partial charge in [0.05, 0.1) is 12.2 Å².